The molecule has 0 radical (unpaired) electrons. The Balaban J connectivity index is 1.29. The zero-order valence-electron chi connectivity index (χ0n) is 18.3. The molecular weight excluding hydrogens is 388 g/mol. The molecule has 0 saturated carbocycles. The topological polar surface area (TPSA) is 25.8 Å². The molecule has 5 aromatic rings. The van der Waals surface area contributed by atoms with Gasteiger partial charge in [0.25, 0.3) is 0 Å². The molecule has 0 spiro atoms. The van der Waals surface area contributed by atoms with Gasteiger partial charge in [0.05, 0.1) is 22.4 Å². The first-order chi connectivity index (χ1) is 15.6. The van der Waals surface area contributed by atoms with Crippen molar-refractivity contribution in [3.8, 4) is 0 Å². The standard InChI is InChI=1S/C30H24N2/c1-21-3-17-29-25(19-21)11-15-27(31-29)13-9-23-5-7-24(8-6-23)10-14-28-16-12-26-20-22(2)4-18-30(26)32-28/h3-20H,1-2H3/b13-9+,14-10+. The van der Waals surface area contributed by atoms with E-state index >= 15 is 0 Å². The van der Waals surface area contributed by atoms with Crippen LogP contribution in [0.1, 0.15) is 33.6 Å². The van der Waals surface area contributed by atoms with Crippen LogP contribution in [0, 0.1) is 13.8 Å². The van der Waals surface area contributed by atoms with Gasteiger partial charge in [0.1, 0.15) is 0 Å². The lowest BCUT2D eigenvalue weighted by Crippen LogP contribution is -1.84. The van der Waals surface area contributed by atoms with E-state index in [0.717, 1.165) is 33.5 Å². The fourth-order valence-corrected chi connectivity index (χ4v) is 3.79. The normalized spacial score (nSPS) is 11.8. The van der Waals surface area contributed by atoms with Gasteiger partial charge in [0, 0.05) is 10.8 Å². The molecule has 0 amide bonds. The van der Waals surface area contributed by atoms with E-state index in [-0.39, 0.29) is 0 Å². The quantitative estimate of drug-likeness (QED) is 0.302. The Morgan fingerprint density at radius 2 is 0.906 bits per heavy atom. The number of hydrogen-bond acceptors (Lipinski definition) is 2. The minimum atomic E-state index is 0.961. The molecule has 154 valence electrons. The summed E-state index contributed by atoms with van der Waals surface area (Å²) in [6, 6.07) is 29.6. The number of benzene rings is 3. The van der Waals surface area contributed by atoms with Crippen molar-refractivity contribution in [2.45, 2.75) is 13.8 Å². The molecule has 0 fully saturated rings. The van der Waals surface area contributed by atoms with Gasteiger partial charge < -0.3 is 0 Å². The molecule has 2 heterocycles. The van der Waals surface area contributed by atoms with E-state index in [1.54, 1.807) is 0 Å². The first-order valence-electron chi connectivity index (χ1n) is 10.8. The predicted molar refractivity (Wildman–Crippen MR) is 137 cm³/mol. The van der Waals surface area contributed by atoms with Crippen LogP contribution in [0.4, 0.5) is 0 Å². The van der Waals surface area contributed by atoms with E-state index in [2.05, 4.69) is 123 Å². The molecule has 5 rings (SSSR count). The van der Waals surface area contributed by atoms with Crippen LogP contribution in [0.3, 0.4) is 0 Å². The number of rotatable bonds is 4. The third kappa shape index (κ3) is 4.50. The molecule has 3 aromatic carbocycles. The SMILES string of the molecule is Cc1ccc2nc(/C=C/c3ccc(/C=C/c4ccc5cc(C)ccc5n4)cc3)ccc2c1. The molecule has 0 unspecified atom stereocenters. The van der Waals surface area contributed by atoms with Gasteiger partial charge >= 0.3 is 0 Å². The smallest absolute Gasteiger partial charge is 0.0709 e. The highest BCUT2D eigenvalue weighted by Gasteiger charge is 1.98. The second kappa shape index (κ2) is 8.60. The minimum Gasteiger partial charge on any atom is -0.248 e. The Morgan fingerprint density at radius 1 is 0.469 bits per heavy atom. The third-order valence-electron chi connectivity index (χ3n) is 5.56. The minimum absolute atomic E-state index is 0.961. The number of fused-ring (bicyclic) bond motifs is 2. The van der Waals surface area contributed by atoms with Gasteiger partial charge in [-0.25, -0.2) is 9.97 Å². The van der Waals surface area contributed by atoms with Crippen molar-refractivity contribution in [1.29, 1.82) is 0 Å². The number of pyridine rings is 2. The van der Waals surface area contributed by atoms with Crippen molar-refractivity contribution in [2.75, 3.05) is 0 Å². The summed E-state index contributed by atoms with van der Waals surface area (Å²) in [5, 5.41) is 2.35. The van der Waals surface area contributed by atoms with Gasteiger partial charge in [-0.2, -0.15) is 0 Å². The van der Waals surface area contributed by atoms with Crippen LogP contribution < -0.4 is 0 Å². The van der Waals surface area contributed by atoms with Crippen molar-refractivity contribution < 1.29 is 0 Å². The first-order valence-corrected chi connectivity index (χ1v) is 10.8. The highest BCUT2D eigenvalue weighted by molar-refractivity contribution is 5.83. The van der Waals surface area contributed by atoms with Crippen molar-refractivity contribution in [3.63, 3.8) is 0 Å². The fourth-order valence-electron chi connectivity index (χ4n) is 3.79. The molecule has 2 nitrogen and oxygen atoms in total. The van der Waals surface area contributed by atoms with Crippen molar-refractivity contribution >= 4 is 46.1 Å². The lowest BCUT2D eigenvalue weighted by molar-refractivity contribution is 1.36. The summed E-state index contributed by atoms with van der Waals surface area (Å²) in [5.41, 5.74) is 8.77. The van der Waals surface area contributed by atoms with Crippen molar-refractivity contribution in [3.05, 3.63) is 119 Å². The van der Waals surface area contributed by atoms with E-state index in [0.29, 0.717) is 0 Å². The lowest BCUT2D eigenvalue weighted by atomic mass is 10.1. The maximum absolute atomic E-state index is 4.73. The van der Waals surface area contributed by atoms with Crippen LogP contribution in [-0.4, -0.2) is 9.97 Å². The number of aryl methyl sites for hydroxylation is 2. The van der Waals surface area contributed by atoms with E-state index in [4.69, 9.17) is 9.97 Å². The largest absolute Gasteiger partial charge is 0.248 e. The second-order valence-electron chi connectivity index (χ2n) is 8.20. The van der Waals surface area contributed by atoms with Gasteiger partial charge in [0.15, 0.2) is 0 Å². The molecular formula is C30H24N2. The zero-order chi connectivity index (χ0) is 21.9. The highest BCUT2D eigenvalue weighted by atomic mass is 14.7. The van der Waals surface area contributed by atoms with Crippen molar-refractivity contribution in [2.24, 2.45) is 0 Å². The molecule has 32 heavy (non-hydrogen) atoms. The Hall–Kier alpha value is -4.04. The van der Waals surface area contributed by atoms with Crippen LogP contribution in [0.15, 0.2) is 84.9 Å². The van der Waals surface area contributed by atoms with Crippen LogP contribution in [0.2, 0.25) is 0 Å². The molecule has 0 atom stereocenters. The van der Waals surface area contributed by atoms with Crippen LogP contribution in [-0.2, 0) is 0 Å². The zero-order valence-corrected chi connectivity index (χ0v) is 18.3. The summed E-state index contributed by atoms with van der Waals surface area (Å²) in [5.74, 6) is 0. The highest BCUT2D eigenvalue weighted by Crippen LogP contribution is 2.18. The van der Waals surface area contributed by atoms with E-state index in [9.17, 15) is 0 Å². The average Bonchev–Trinajstić information content (AvgIpc) is 2.82. The summed E-state index contributed by atoms with van der Waals surface area (Å²) < 4.78 is 0. The molecule has 0 aliphatic carbocycles. The van der Waals surface area contributed by atoms with Crippen LogP contribution in [0.5, 0.6) is 0 Å². The Labute approximate surface area is 188 Å². The summed E-state index contributed by atoms with van der Waals surface area (Å²) in [7, 11) is 0. The Kier molecular flexibility index (Phi) is 5.35. The molecule has 2 heteroatoms. The maximum Gasteiger partial charge on any atom is 0.0709 e. The van der Waals surface area contributed by atoms with Gasteiger partial charge in [0.2, 0.25) is 0 Å². The molecule has 2 aromatic heterocycles. The second-order valence-corrected chi connectivity index (χ2v) is 8.20. The summed E-state index contributed by atoms with van der Waals surface area (Å²) in [6.07, 6.45) is 8.32. The Bertz CT molecular complexity index is 1360. The van der Waals surface area contributed by atoms with Gasteiger partial charge in [-0.15, -0.1) is 0 Å². The third-order valence-corrected chi connectivity index (χ3v) is 5.56. The van der Waals surface area contributed by atoms with Gasteiger partial charge in [-0.05, 0) is 73.5 Å². The van der Waals surface area contributed by atoms with Crippen LogP contribution in [0.25, 0.3) is 46.1 Å². The van der Waals surface area contributed by atoms with E-state index in [1.165, 1.54) is 21.9 Å². The first kappa shape index (κ1) is 19.9. The predicted octanol–water partition coefficient (Wildman–Crippen LogP) is 7.74. The van der Waals surface area contributed by atoms with E-state index in [1.807, 2.05) is 0 Å². The lowest BCUT2D eigenvalue weighted by Gasteiger charge is -2.01. The average molecular weight is 413 g/mol. The maximum atomic E-state index is 4.73. The summed E-state index contributed by atoms with van der Waals surface area (Å²) in [6.45, 7) is 4.20. The van der Waals surface area contributed by atoms with Crippen molar-refractivity contribution in [1.82, 2.24) is 9.97 Å². The monoisotopic (exact) mass is 412 g/mol. The number of nitrogens with zero attached hydrogens (tertiary/aromatic N) is 2. The van der Waals surface area contributed by atoms with Crippen LogP contribution >= 0.6 is 0 Å². The molecule has 0 bridgehead atoms. The van der Waals surface area contributed by atoms with Gasteiger partial charge in [-0.1, -0.05) is 71.8 Å². The fraction of sp³-hybridized carbons (Fsp3) is 0.0667. The summed E-state index contributed by atoms with van der Waals surface area (Å²) >= 11 is 0. The molecule has 0 aliphatic heterocycles. The van der Waals surface area contributed by atoms with E-state index < -0.39 is 0 Å². The molecule has 0 aliphatic rings. The Morgan fingerprint density at radius 3 is 1.34 bits per heavy atom. The number of hydrogen-bond donors (Lipinski definition) is 0. The number of aromatic nitrogens is 2. The molecule has 0 saturated heterocycles. The molecule has 0 N–H and O–H groups in total. The van der Waals surface area contributed by atoms with Gasteiger partial charge in [-0.3, -0.25) is 0 Å². The summed E-state index contributed by atoms with van der Waals surface area (Å²) in [4.78, 5) is 9.47.